The molecule has 0 bridgehead atoms. The smallest absolute Gasteiger partial charge is 0.251 e. The predicted molar refractivity (Wildman–Crippen MR) is 93.6 cm³/mol. The van der Waals surface area contributed by atoms with E-state index in [-0.39, 0.29) is 23.6 Å². The van der Waals surface area contributed by atoms with Gasteiger partial charge in [0.1, 0.15) is 12.1 Å². The van der Waals surface area contributed by atoms with Crippen LogP contribution in [0.25, 0.3) is 0 Å². The molecule has 1 aromatic carbocycles. The van der Waals surface area contributed by atoms with E-state index >= 15 is 0 Å². The van der Waals surface area contributed by atoms with Gasteiger partial charge in [0, 0.05) is 12.1 Å². The van der Waals surface area contributed by atoms with E-state index in [0.717, 1.165) is 5.56 Å². The Morgan fingerprint density at radius 1 is 1.04 bits per heavy atom. The number of aryl methyl sites for hydroxylation is 1. The summed E-state index contributed by atoms with van der Waals surface area (Å²) in [5, 5.41) is 8.05. The van der Waals surface area contributed by atoms with Crippen LogP contribution >= 0.6 is 0 Å². The van der Waals surface area contributed by atoms with Crippen molar-refractivity contribution in [2.24, 2.45) is 5.92 Å². The minimum atomic E-state index is -0.713. The van der Waals surface area contributed by atoms with Crippen molar-refractivity contribution in [2.75, 3.05) is 6.54 Å². The molecular formula is C18H27N3O3. The number of carbonyl (C=O) groups excluding carboxylic acids is 3. The van der Waals surface area contributed by atoms with Gasteiger partial charge in [-0.1, -0.05) is 31.5 Å². The fourth-order valence-electron chi connectivity index (χ4n) is 2.24. The quantitative estimate of drug-likeness (QED) is 0.705. The lowest BCUT2D eigenvalue weighted by atomic mass is 10.0. The molecule has 6 heteroatoms. The highest BCUT2D eigenvalue weighted by atomic mass is 16.2. The van der Waals surface area contributed by atoms with Crippen molar-refractivity contribution in [3.8, 4) is 0 Å². The molecule has 0 heterocycles. The largest absolute Gasteiger partial charge is 0.355 e. The van der Waals surface area contributed by atoms with Gasteiger partial charge in [-0.25, -0.2) is 0 Å². The van der Waals surface area contributed by atoms with E-state index in [1.807, 2.05) is 33.8 Å². The summed E-state index contributed by atoms with van der Waals surface area (Å²) in [6.07, 6.45) is 0. The van der Waals surface area contributed by atoms with Crippen LogP contribution in [-0.4, -0.2) is 36.3 Å². The third-order valence-electron chi connectivity index (χ3n) is 3.62. The van der Waals surface area contributed by atoms with Gasteiger partial charge >= 0.3 is 0 Å². The number of hydrogen-bond donors (Lipinski definition) is 3. The molecule has 6 nitrogen and oxygen atoms in total. The van der Waals surface area contributed by atoms with Crippen molar-refractivity contribution >= 4 is 17.7 Å². The van der Waals surface area contributed by atoms with E-state index in [1.54, 1.807) is 25.1 Å². The second-order valence-corrected chi connectivity index (χ2v) is 6.19. The normalized spacial score (nSPS) is 13.1. The Morgan fingerprint density at radius 3 is 2.25 bits per heavy atom. The van der Waals surface area contributed by atoms with Crippen LogP contribution < -0.4 is 16.0 Å². The zero-order valence-electron chi connectivity index (χ0n) is 15.0. The summed E-state index contributed by atoms with van der Waals surface area (Å²) in [5.41, 5.74) is 1.48. The Morgan fingerprint density at radius 2 is 1.71 bits per heavy atom. The summed E-state index contributed by atoms with van der Waals surface area (Å²) in [7, 11) is 0. The van der Waals surface area contributed by atoms with E-state index in [1.165, 1.54) is 0 Å². The maximum absolute atomic E-state index is 12.4. The first-order chi connectivity index (χ1) is 11.3. The number of hydrogen-bond acceptors (Lipinski definition) is 3. The van der Waals surface area contributed by atoms with Crippen molar-refractivity contribution in [3.05, 3.63) is 35.4 Å². The highest BCUT2D eigenvalue weighted by molar-refractivity contribution is 5.98. The van der Waals surface area contributed by atoms with E-state index < -0.39 is 12.1 Å². The zero-order valence-corrected chi connectivity index (χ0v) is 15.0. The molecule has 0 spiro atoms. The summed E-state index contributed by atoms with van der Waals surface area (Å²) < 4.78 is 0. The molecule has 2 atom stereocenters. The number of amides is 3. The number of rotatable bonds is 7. The monoisotopic (exact) mass is 333 g/mol. The first kappa shape index (κ1) is 19.7. The number of carbonyl (C=O) groups is 3. The fourth-order valence-corrected chi connectivity index (χ4v) is 2.24. The lowest BCUT2D eigenvalue weighted by molar-refractivity contribution is -0.130. The third-order valence-corrected chi connectivity index (χ3v) is 3.62. The first-order valence-corrected chi connectivity index (χ1v) is 8.21. The Kier molecular flexibility index (Phi) is 7.42. The van der Waals surface area contributed by atoms with Crippen LogP contribution in [0.1, 0.15) is 43.6 Å². The molecule has 3 amide bonds. The van der Waals surface area contributed by atoms with Gasteiger partial charge in [-0.05, 0) is 38.8 Å². The van der Waals surface area contributed by atoms with Crippen LogP contribution in [0.4, 0.5) is 0 Å². The Labute approximate surface area is 143 Å². The van der Waals surface area contributed by atoms with Crippen LogP contribution in [0.2, 0.25) is 0 Å². The van der Waals surface area contributed by atoms with Gasteiger partial charge in [0.05, 0.1) is 0 Å². The van der Waals surface area contributed by atoms with Crippen LogP contribution in [0, 0.1) is 12.8 Å². The second kappa shape index (κ2) is 9.05. The average molecular weight is 333 g/mol. The molecule has 24 heavy (non-hydrogen) atoms. The molecule has 0 fully saturated rings. The van der Waals surface area contributed by atoms with Gasteiger partial charge in [-0.2, -0.15) is 0 Å². The van der Waals surface area contributed by atoms with E-state index in [4.69, 9.17) is 0 Å². The molecule has 3 N–H and O–H groups in total. The molecule has 0 aliphatic rings. The number of benzene rings is 1. The minimum absolute atomic E-state index is 0.111. The van der Waals surface area contributed by atoms with Crippen molar-refractivity contribution in [3.63, 3.8) is 0 Å². The minimum Gasteiger partial charge on any atom is -0.355 e. The van der Waals surface area contributed by atoms with Crippen LogP contribution in [0.3, 0.4) is 0 Å². The average Bonchev–Trinajstić information content (AvgIpc) is 2.51. The van der Waals surface area contributed by atoms with Crippen LogP contribution in [0.15, 0.2) is 24.3 Å². The SMILES string of the molecule is CCNC(=O)[C@@H](C)NC(=O)[C@H](NC(=O)c1cccc(C)c1)C(C)C. The number of nitrogens with one attached hydrogen (secondary N) is 3. The van der Waals surface area contributed by atoms with Crippen molar-refractivity contribution in [1.29, 1.82) is 0 Å². The van der Waals surface area contributed by atoms with Gasteiger partial charge < -0.3 is 16.0 Å². The van der Waals surface area contributed by atoms with Gasteiger partial charge in [0.25, 0.3) is 5.91 Å². The van der Waals surface area contributed by atoms with E-state index in [2.05, 4.69) is 16.0 Å². The summed E-state index contributed by atoms with van der Waals surface area (Å²) >= 11 is 0. The predicted octanol–water partition coefficient (Wildman–Crippen LogP) is 1.39. The summed E-state index contributed by atoms with van der Waals surface area (Å²) in [6.45, 7) is 9.51. The van der Waals surface area contributed by atoms with Crippen molar-refractivity contribution < 1.29 is 14.4 Å². The molecule has 0 saturated heterocycles. The maximum Gasteiger partial charge on any atom is 0.251 e. The van der Waals surface area contributed by atoms with E-state index in [0.29, 0.717) is 12.1 Å². The Bertz CT molecular complexity index is 599. The summed E-state index contributed by atoms with van der Waals surface area (Å²) in [4.78, 5) is 36.5. The Balaban J connectivity index is 2.77. The molecular weight excluding hydrogens is 306 g/mol. The van der Waals surface area contributed by atoms with E-state index in [9.17, 15) is 14.4 Å². The fraction of sp³-hybridized carbons (Fsp3) is 0.500. The lowest BCUT2D eigenvalue weighted by Gasteiger charge is -2.23. The first-order valence-electron chi connectivity index (χ1n) is 8.21. The van der Waals surface area contributed by atoms with Crippen LogP contribution in [-0.2, 0) is 9.59 Å². The summed E-state index contributed by atoms with van der Waals surface area (Å²) in [5.74, 6) is -1.04. The number of likely N-dealkylation sites (N-methyl/N-ethyl adjacent to an activating group) is 1. The maximum atomic E-state index is 12.4. The molecule has 0 aromatic heterocycles. The summed E-state index contributed by atoms with van der Waals surface area (Å²) in [6, 6.07) is 5.80. The van der Waals surface area contributed by atoms with Crippen molar-refractivity contribution in [2.45, 2.75) is 46.7 Å². The standard InChI is InChI=1S/C18H27N3O3/c1-6-19-16(22)13(5)20-18(24)15(11(2)3)21-17(23)14-9-7-8-12(4)10-14/h7-11,13,15H,6H2,1-5H3,(H,19,22)(H,20,24)(H,21,23)/t13-,15-/m1/s1. The van der Waals surface area contributed by atoms with Gasteiger partial charge in [0.15, 0.2) is 0 Å². The van der Waals surface area contributed by atoms with Gasteiger partial charge in [-0.3, -0.25) is 14.4 Å². The Hall–Kier alpha value is -2.37. The highest BCUT2D eigenvalue weighted by Crippen LogP contribution is 2.07. The van der Waals surface area contributed by atoms with Crippen LogP contribution in [0.5, 0.6) is 0 Å². The van der Waals surface area contributed by atoms with Crippen molar-refractivity contribution in [1.82, 2.24) is 16.0 Å². The topological polar surface area (TPSA) is 87.3 Å². The molecule has 1 aromatic rings. The second-order valence-electron chi connectivity index (χ2n) is 6.19. The molecule has 0 aliphatic heterocycles. The highest BCUT2D eigenvalue weighted by Gasteiger charge is 2.27. The molecule has 132 valence electrons. The van der Waals surface area contributed by atoms with Gasteiger partial charge in [-0.15, -0.1) is 0 Å². The molecule has 0 aliphatic carbocycles. The molecule has 0 unspecified atom stereocenters. The molecule has 0 radical (unpaired) electrons. The molecule has 1 rings (SSSR count). The third kappa shape index (κ3) is 5.68. The van der Waals surface area contributed by atoms with Gasteiger partial charge in [0.2, 0.25) is 11.8 Å². The lowest BCUT2D eigenvalue weighted by Crippen LogP contribution is -2.54. The zero-order chi connectivity index (χ0) is 18.3. The molecule has 0 saturated carbocycles.